The predicted molar refractivity (Wildman–Crippen MR) is 138 cm³/mol. The van der Waals surface area contributed by atoms with Crippen LogP contribution in [0.4, 0.5) is 15.8 Å². The summed E-state index contributed by atoms with van der Waals surface area (Å²) in [6.07, 6.45) is 6.40. The van der Waals surface area contributed by atoms with E-state index in [0.717, 1.165) is 57.2 Å². The maximum absolute atomic E-state index is 13.5. The summed E-state index contributed by atoms with van der Waals surface area (Å²) in [6.45, 7) is 4.54. The first-order chi connectivity index (χ1) is 14.7. The highest BCUT2D eigenvalue weighted by Crippen LogP contribution is 2.21. The molecule has 2 aliphatic heterocycles. The molecular formula is C24H31FIN5. The molecule has 2 aromatic carbocycles. The smallest absolute Gasteiger partial charge is 0.191 e. The quantitative estimate of drug-likeness (QED) is 0.261. The standard InChI is InChI=1S/C24H30FN5.HI/c1-26-24(27-18-19-7-9-22(10-8-19)29-13-2-3-14-29)28-21-11-15-30(16-12-21)23-6-4-5-20(25)17-23;/h2-10,17,21H,11-16,18H2,1H3,(H2,26,27,28);1H. The highest BCUT2D eigenvalue weighted by molar-refractivity contribution is 14.0. The minimum Gasteiger partial charge on any atom is -0.371 e. The van der Waals surface area contributed by atoms with Gasteiger partial charge in [0.2, 0.25) is 0 Å². The topological polar surface area (TPSA) is 42.9 Å². The first-order valence-electron chi connectivity index (χ1n) is 10.7. The lowest BCUT2D eigenvalue weighted by atomic mass is 10.0. The van der Waals surface area contributed by atoms with E-state index in [-0.39, 0.29) is 29.8 Å². The van der Waals surface area contributed by atoms with Crippen LogP contribution in [0.2, 0.25) is 0 Å². The van der Waals surface area contributed by atoms with E-state index in [0.29, 0.717) is 6.04 Å². The molecule has 0 saturated carbocycles. The highest BCUT2D eigenvalue weighted by Gasteiger charge is 2.20. The van der Waals surface area contributed by atoms with Crippen LogP contribution in [0.15, 0.2) is 65.7 Å². The van der Waals surface area contributed by atoms with E-state index in [2.05, 4.69) is 61.8 Å². The summed E-state index contributed by atoms with van der Waals surface area (Å²) < 4.78 is 13.5. The summed E-state index contributed by atoms with van der Waals surface area (Å²) in [4.78, 5) is 8.97. The SMILES string of the molecule is CN=C(NCc1ccc(N2CC=CC2)cc1)NC1CCN(c2cccc(F)c2)CC1.I. The number of nitrogens with one attached hydrogen (secondary N) is 2. The summed E-state index contributed by atoms with van der Waals surface area (Å²) in [5.74, 6) is 0.648. The Bertz CT molecular complexity index is 883. The van der Waals surface area contributed by atoms with Crippen molar-refractivity contribution in [3.05, 3.63) is 72.1 Å². The molecule has 1 saturated heterocycles. The van der Waals surface area contributed by atoms with E-state index in [1.165, 1.54) is 17.3 Å². The number of hydrogen-bond donors (Lipinski definition) is 2. The third-order valence-electron chi connectivity index (χ3n) is 5.81. The molecule has 0 spiro atoms. The Morgan fingerprint density at radius 2 is 1.71 bits per heavy atom. The number of rotatable bonds is 5. The van der Waals surface area contributed by atoms with Gasteiger partial charge in [-0.3, -0.25) is 4.99 Å². The van der Waals surface area contributed by atoms with Gasteiger partial charge in [-0.15, -0.1) is 24.0 Å². The Morgan fingerprint density at radius 3 is 2.35 bits per heavy atom. The summed E-state index contributed by atoms with van der Waals surface area (Å²) in [6, 6.07) is 15.9. The fourth-order valence-electron chi connectivity index (χ4n) is 4.04. The van der Waals surface area contributed by atoms with Gasteiger partial charge in [0.25, 0.3) is 0 Å². The Kier molecular flexibility index (Phi) is 8.57. The van der Waals surface area contributed by atoms with Crippen LogP contribution in [0.1, 0.15) is 18.4 Å². The Hall–Kier alpha value is -2.29. The zero-order valence-electron chi connectivity index (χ0n) is 17.9. The van der Waals surface area contributed by atoms with Crippen LogP contribution in [-0.2, 0) is 6.54 Å². The van der Waals surface area contributed by atoms with Crippen molar-refractivity contribution in [3.63, 3.8) is 0 Å². The van der Waals surface area contributed by atoms with Crippen LogP contribution in [0.25, 0.3) is 0 Å². The third kappa shape index (κ3) is 6.35. The minimum atomic E-state index is -0.178. The largest absolute Gasteiger partial charge is 0.371 e. The molecule has 0 unspecified atom stereocenters. The van der Waals surface area contributed by atoms with E-state index in [4.69, 9.17) is 0 Å². The van der Waals surface area contributed by atoms with Gasteiger partial charge in [-0.25, -0.2) is 4.39 Å². The number of anilines is 2. The number of guanidine groups is 1. The number of hydrogen-bond acceptors (Lipinski definition) is 3. The summed E-state index contributed by atoms with van der Waals surface area (Å²) in [5, 5.41) is 6.96. The number of benzene rings is 2. The van der Waals surface area contributed by atoms with Gasteiger partial charge in [-0.1, -0.05) is 30.4 Å². The second-order valence-electron chi connectivity index (χ2n) is 7.85. The summed E-state index contributed by atoms with van der Waals surface area (Å²) >= 11 is 0. The van der Waals surface area contributed by atoms with E-state index in [9.17, 15) is 4.39 Å². The van der Waals surface area contributed by atoms with Crippen molar-refractivity contribution in [1.29, 1.82) is 0 Å². The first kappa shape index (κ1) is 23.4. The Morgan fingerprint density at radius 1 is 1.00 bits per heavy atom. The fourth-order valence-corrected chi connectivity index (χ4v) is 4.04. The van der Waals surface area contributed by atoms with Crippen LogP contribution >= 0.6 is 24.0 Å². The highest BCUT2D eigenvalue weighted by atomic mass is 127. The van der Waals surface area contributed by atoms with Gasteiger partial charge >= 0.3 is 0 Å². The molecule has 2 N–H and O–H groups in total. The molecule has 4 rings (SSSR count). The second-order valence-corrected chi connectivity index (χ2v) is 7.85. The second kappa shape index (κ2) is 11.4. The van der Waals surface area contributed by atoms with Crippen LogP contribution in [-0.4, -0.2) is 45.2 Å². The first-order valence-corrected chi connectivity index (χ1v) is 10.7. The fraction of sp³-hybridized carbons (Fsp3) is 0.375. The van der Waals surface area contributed by atoms with Gasteiger partial charge in [-0.2, -0.15) is 0 Å². The van der Waals surface area contributed by atoms with Gasteiger partial charge in [-0.05, 0) is 48.7 Å². The van der Waals surface area contributed by atoms with Crippen molar-refractivity contribution in [1.82, 2.24) is 10.6 Å². The molecule has 0 aliphatic carbocycles. The molecule has 2 aliphatic rings. The van der Waals surface area contributed by atoms with Crippen molar-refractivity contribution in [2.75, 3.05) is 43.0 Å². The lowest BCUT2D eigenvalue weighted by Gasteiger charge is -2.34. The third-order valence-corrected chi connectivity index (χ3v) is 5.81. The van der Waals surface area contributed by atoms with Gasteiger partial charge < -0.3 is 20.4 Å². The van der Waals surface area contributed by atoms with E-state index >= 15 is 0 Å². The molecule has 0 atom stereocenters. The van der Waals surface area contributed by atoms with Crippen LogP contribution < -0.4 is 20.4 Å². The molecule has 2 heterocycles. The lowest BCUT2D eigenvalue weighted by Crippen LogP contribution is -2.48. The maximum atomic E-state index is 13.5. The molecule has 2 aromatic rings. The van der Waals surface area contributed by atoms with E-state index < -0.39 is 0 Å². The monoisotopic (exact) mass is 535 g/mol. The summed E-state index contributed by atoms with van der Waals surface area (Å²) in [7, 11) is 1.81. The van der Waals surface area contributed by atoms with Crippen molar-refractivity contribution in [2.24, 2.45) is 4.99 Å². The van der Waals surface area contributed by atoms with Gasteiger partial charge in [0.15, 0.2) is 5.96 Å². The minimum absolute atomic E-state index is 0. The number of nitrogens with zero attached hydrogens (tertiary/aromatic N) is 3. The van der Waals surface area contributed by atoms with Gasteiger partial charge in [0.1, 0.15) is 5.82 Å². The van der Waals surface area contributed by atoms with Crippen molar-refractivity contribution in [3.8, 4) is 0 Å². The predicted octanol–water partition coefficient (Wildman–Crippen LogP) is 4.15. The molecule has 5 nitrogen and oxygen atoms in total. The molecule has 0 aromatic heterocycles. The molecule has 0 bridgehead atoms. The van der Waals surface area contributed by atoms with Crippen molar-refractivity contribution >= 4 is 41.3 Å². The molecule has 0 radical (unpaired) electrons. The zero-order chi connectivity index (χ0) is 20.8. The number of aliphatic imine (C=N–C) groups is 1. The number of halogens is 2. The van der Waals surface area contributed by atoms with Gasteiger partial charge in [0, 0.05) is 57.2 Å². The molecule has 0 amide bonds. The summed E-state index contributed by atoms with van der Waals surface area (Å²) in [5.41, 5.74) is 3.45. The van der Waals surface area contributed by atoms with Gasteiger partial charge in [0.05, 0.1) is 0 Å². The van der Waals surface area contributed by atoms with Crippen LogP contribution in [0, 0.1) is 5.82 Å². The van der Waals surface area contributed by atoms with E-state index in [1.54, 1.807) is 19.2 Å². The normalized spacial score (nSPS) is 16.9. The van der Waals surface area contributed by atoms with E-state index in [1.807, 2.05) is 6.07 Å². The van der Waals surface area contributed by atoms with Crippen LogP contribution in [0.5, 0.6) is 0 Å². The molecule has 31 heavy (non-hydrogen) atoms. The molecule has 1 fully saturated rings. The Balaban J connectivity index is 0.00000272. The molecule has 166 valence electrons. The average Bonchev–Trinajstić information content (AvgIpc) is 3.32. The lowest BCUT2D eigenvalue weighted by molar-refractivity contribution is 0.461. The van der Waals surface area contributed by atoms with Crippen LogP contribution in [0.3, 0.4) is 0 Å². The van der Waals surface area contributed by atoms with Crippen molar-refractivity contribution < 1.29 is 4.39 Å². The molecular weight excluding hydrogens is 504 g/mol. The van der Waals surface area contributed by atoms with Crippen molar-refractivity contribution in [2.45, 2.75) is 25.4 Å². The molecule has 7 heteroatoms. The average molecular weight is 535 g/mol. The zero-order valence-corrected chi connectivity index (χ0v) is 20.3. The number of piperidine rings is 1. The maximum Gasteiger partial charge on any atom is 0.191 e. The Labute approximate surface area is 201 Å².